The lowest BCUT2D eigenvalue weighted by Crippen LogP contribution is -2.27. The monoisotopic (exact) mass is 281 g/mol. The van der Waals surface area contributed by atoms with E-state index in [0.717, 1.165) is 22.9 Å². The van der Waals surface area contributed by atoms with E-state index in [1.165, 1.54) is 4.90 Å². The first-order chi connectivity index (χ1) is 8.54. The molecule has 3 nitrogen and oxygen atoms in total. The maximum Gasteiger partial charge on any atom is 0.293 e. The van der Waals surface area contributed by atoms with Crippen LogP contribution < -0.4 is 0 Å². The number of rotatable bonds is 2. The number of allylic oxidation sites excluding steroid dienone is 1. The second-order valence-electron chi connectivity index (χ2n) is 3.88. The highest BCUT2D eigenvalue weighted by molar-refractivity contribution is 8.18. The number of carbonyl (C=O) groups excluding carboxylic acids is 2. The van der Waals surface area contributed by atoms with Gasteiger partial charge in [0.15, 0.2) is 0 Å². The van der Waals surface area contributed by atoms with E-state index in [1.807, 2.05) is 19.1 Å². The van der Waals surface area contributed by atoms with Crippen LogP contribution in [0.2, 0.25) is 5.02 Å². The lowest BCUT2D eigenvalue weighted by molar-refractivity contribution is -0.122. The summed E-state index contributed by atoms with van der Waals surface area (Å²) in [6, 6.07) is 7.23. The summed E-state index contributed by atoms with van der Waals surface area (Å²) in [6.45, 7) is 4.04. The molecule has 0 saturated carbocycles. The van der Waals surface area contributed by atoms with Gasteiger partial charge in [-0.25, -0.2) is 0 Å². The molecule has 0 atom stereocenters. The molecule has 1 aliphatic heterocycles. The molecule has 1 aromatic rings. The number of hydrogen-bond acceptors (Lipinski definition) is 3. The summed E-state index contributed by atoms with van der Waals surface area (Å²) in [5.74, 6) is -0.208. The molecule has 2 rings (SSSR count). The first-order valence-corrected chi connectivity index (χ1v) is 6.74. The second kappa shape index (κ2) is 5.16. The summed E-state index contributed by atoms with van der Waals surface area (Å²) in [5.41, 5.74) is 1.71. The Bertz CT molecular complexity index is 536. The lowest BCUT2D eigenvalue weighted by Gasteiger charge is -2.08. The van der Waals surface area contributed by atoms with E-state index in [-0.39, 0.29) is 11.1 Å². The van der Waals surface area contributed by atoms with Crippen molar-refractivity contribution in [2.45, 2.75) is 13.8 Å². The number of thioether (sulfide) groups is 1. The van der Waals surface area contributed by atoms with E-state index in [9.17, 15) is 9.59 Å². The number of halogens is 1. The van der Waals surface area contributed by atoms with Gasteiger partial charge in [-0.05, 0) is 48.9 Å². The molecule has 1 aliphatic rings. The van der Waals surface area contributed by atoms with Gasteiger partial charge in [-0.15, -0.1) is 0 Å². The molecule has 0 spiro atoms. The fourth-order valence-electron chi connectivity index (χ4n) is 1.73. The molecule has 0 radical (unpaired) electrons. The van der Waals surface area contributed by atoms with Crippen LogP contribution in [-0.4, -0.2) is 22.6 Å². The molecule has 1 saturated heterocycles. The lowest BCUT2D eigenvalue weighted by atomic mass is 10.1. The fraction of sp³-hybridized carbons (Fsp3) is 0.231. The Balaban J connectivity index is 2.40. The predicted octanol–water partition coefficient (Wildman–Crippen LogP) is 3.79. The molecule has 2 amide bonds. The topological polar surface area (TPSA) is 37.4 Å². The number of hydrogen-bond donors (Lipinski definition) is 0. The Morgan fingerprint density at radius 1 is 1.28 bits per heavy atom. The molecule has 0 bridgehead atoms. The number of carbonyl (C=O) groups is 2. The van der Waals surface area contributed by atoms with Crippen molar-refractivity contribution in [2.24, 2.45) is 0 Å². The minimum atomic E-state index is -0.208. The molecule has 94 valence electrons. The minimum Gasteiger partial charge on any atom is -0.269 e. The Kier molecular flexibility index (Phi) is 3.78. The minimum absolute atomic E-state index is 0.203. The molecular weight excluding hydrogens is 270 g/mol. The summed E-state index contributed by atoms with van der Waals surface area (Å²) in [6.07, 6.45) is 0. The maximum atomic E-state index is 12.0. The molecule has 0 aliphatic carbocycles. The average molecular weight is 282 g/mol. The Labute approximate surface area is 115 Å². The van der Waals surface area contributed by atoms with Crippen molar-refractivity contribution >= 4 is 40.1 Å². The third kappa shape index (κ3) is 2.31. The third-order valence-corrected chi connectivity index (χ3v) is 4.12. The van der Waals surface area contributed by atoms with Gasteiger partial charge >= 0.3 is 0 Å². The number of imide groups is 1. The van der Waals surface area contributed by atoms with Gasteiger partial charge < -0.3 is 0 Å². The number of benzene rings is 1. The van der Waals surface area contributed by atoms with Crippen LogP contribution in [0.4, 0.5) is 4.79 Å². The van der Waals surface area contributed by atoms with Crippen molar-refractivity contribution in [1.82, 2.24) is 4.90 Å². The highest BCUT2D eigenvalue weighted by Gasteiger charge is 2.35. The van der Waals surface area contributed by atoms with Crippen LogP contribution in [0.5, 0.6) is 0 Å². The van der Waals surface area contributed by atoms with Crippen molar-refractivity contribution in [3.05, 3.63) is 39.8 Å². The SMILES string of the molecule is CCN1C(=O)S/C(=C(/C)c2ccc(Cl)cc2)C1=O. The van der Waals surface area contributed by atoms with Gasteiger partial charge in [0, 0.05) is 11.6 Å². The van der Waals surface area contributed by atoms with Gasteiger partial charge in [-0.1, -0.05) is 23.7 Å². The van der Waals surface area contributed by atoms with Crippen molar-refractivity contribution < 1.29 is 9.59 Å². The summed E-state index contributed by atoms with van der Waals surface area (Å²) >= 11 is 6.82. The smallest absolute Gasteiger partial charge is 0.269 e. The maximum absolute atomic E-state index is 12.0. The molecule has 0 N–H and O–H groups in total. The van der Waals surface area contributed by atoms with Gasteiger partial charge in [0.2, 0.25) is 0 Å². The fourth-order valence-corrected chi connectivity index (χ4v) is 2.82. The highest BCUT2D eigenvalue weighted by atomic mass is 35.5. The zero-order valence-electron chi connectivity index (χ0n) is 10.1. The normalized spacial score (nSPS) is 18.5. The quantitative estimate of drug-likeness (QED) is 0.774. The van der Waals surface area contributed by atoms with E-state index < -0.39 is 0 Å². The Hall–Kier alpha value is -1.26. The van der Waals surface area contributed by atoms with Gasteiger partial charge in [-0.2, -0.15) is 0 Å². The van der Waals surface area contributed by atoms with E-state index in [2.05, 4.69) is 0 Å². The summed E-state index contributed by atoms with van der Waals surface area (Å²) in [4.78, 5) is 25.4. The van der Waals surface area contributed by atoms with Crippen LogP contribution in [0.3, 0.4) is 0 Å². The van der Waals surface area contributed by atoms with Crippen LogP contribution in [-0.2, 0) is 4.79 Å². The van der Waals surface area contributed by atoms with Crippen LogP contribution >= 0.6 is 23.4 Å². The average Bonchev–Trinajstić information content (AvgIpc) is 2.64. The van der Waals surface area contributed by atoms with Gasteiger partial charge in [0.1, 0.15) is 0 Å². The number of amides is 2. The molecule has 1 heterocycles. The predicted molar refractivity (Wildman–Crippen MR) is 74.4 cm³/mol. The van der Waals surface area contributed by atoms with Crippen molar-refractivity contribution in [3.63, 3.8) is 0 Å². The summed E-state index contributed by atoms with van der Waals surface area (Å²) in [7, 11) is 0. The Morgan fingerprint density at radius 2 is 1.89 bits per heavy atom. The van der Waals surface area contributed by atoms with Crippen LogP contribution in [0.1, 0.15) is 19.4 Å². The molecular formula is C13H12ClNO2S. The van der Waals surface area contributed by atoms with E-state index in [4.69, 9.17) is 11.6 Å². The number of likely N-dealkylation sites (N-methyl/N-ethyl adjacent to an activating group) is 1. The highest BCUT2D eigenvalue weighted by Crippen LogP contribution is 2.36. The van der Waals surface area contributed by atoms with E-state index in [0.29, 0.717) is 16.5 Å². The first kappa shape index (κ1) is 13.2. The second-order valence-corrected chi connectivity index (χ2v) is 5.28. The van der Waals surface area contributed by atoms with Gasteiger partial charge in [0.25, 0.3) is 11.1 Å². The first-order valence-electron chi connectivity index (χ1n) is 5.55. The van der Waals surface area contributed by atoms with Gasteiger partial charge in [0.05, 0.1) is 4.91 Å². The molecule has 5 heteroatoms. The molecule has 18 heavy (non-hydrogen) atoms. The zero-order valence-corrected chi connectivity index (χ0v) is 11.6. The molecule has 0 unspecified atom stereocenters. The van der Waals surface area contributed by atoms with Crippen LogP contribution in [0.15, 0.2) is 29.2 Å². The molecule has 0 aromatic heterocycles. The van der Waals surface area contributed by atoms with Gasteiger partial charge in [-0.3, -0.25) is 14.5 Å². The van der Waals surface area contributed by atoms with Crippen molar-refractivity contribution in [1.29, 1.82) is 0 Å². The summed E-state index contributed by atoms with van der Waals surface area (Å²) in [5, 5.41) is 0.444. The largest absolute Gasteiger partial charge is 0.293 e. The van der Waals surface area contributed by atoms with E-state index in [1.54, 1.807) is 19.1 Å². The van der Waals surface area contributed by atoms with Crippen molar-refractivity contribution in [3.8, 4) is 0 Å². The van der Waals surface area contributed by atoms with E-state index >= 15 is 0 Å². The Morgan fingerprint density at radius 3 is 2.39 bits per heavy atom. The summed E-state index contributed by atoms with van der Waals surface area (Å²) < 4.78 is 0. The molecule has 1 fully saturated rings. The standard InChI is InChI=1S/C13H12ClNO2S/c1-3-15-12(16)11(18-13(15)17)8(2)9-4-6-10(14)7-5-9/h4-7H,3H2,1-2H3/b11-8-. The van der Waals surface area contributed by atoms with Crippen molar-refractivity contribution in [2.75, 3.05) is 6.54 Å². The van der Waals surface area contributed by atoms with Crippen LogP contribution in [0, 0.1) is 0 Å². The number of nitrogens with zero attached hydrogens (tertiary/aromatic N) is 1. The zero-order chi connectivity index (χ0) is 13.3. The molecule has 1 aromatic carbocycles. The third-order valence-electron chi connectivity index (χ3n) is 2.78. The van der Waals surface area contributed by atoms with Crippen LogP contribution in [0.25, 0.3) is 5.57 Å².